The van der Waals surface area contributed by atoms with Crippen LogP contribution in [0.15, 0.2) is 54.6 Å². The van der Waals surface area contributed by atoms with Crippen LogP contribution in [-0.4, -0.2) is 16.9 Å². The molecule has 0 heterocycles. The molecule has 0 saturated heterocycles. The topological polar surface area (TPSA) is 54.4 Å². The van der Waals surface area contributed by atoms with Crippen LogP contribution in [0.1, 0.15) is 41.8 Å². The molecule has 0 radical (unpaired) electrons. The maximum Gasteiger partial charge on any atom is 0.313 e. The van der Waals surface area contributed by atoms with Crippen LogP contribution in [0.5, 0.6) is 0 Å². The monoisotopic (exact) mass is 282 g/mol. The lowest BCUT2D eigenvalue weighted by molar-refractivity contribution is -0.143. The largest absolute Gasteiger partial charge is 0.481 e. The van der Waals surface area contributed by atoms with Gasteiger partial charge in [-0.3, -0.25) is 9.59 Å². The normalized spacial score (nSPS) is 13.4. The second-order valence-electron chi connectivity index (χ2n) is 5.26. The van der Waals surface area contributed by atoms with Gasteiger partial charge in [-0.25, -0.2) is 0 Å². The van der Waals surface area contributed by atoms with E-state index in [1.54, 1.807) is 43.3 Å². The van der Waals surface area contributed by atoms with Crippen LogP contribution in [0.4, 0.5) is 0 Å². The average molecular weight is 282 g/mol. The van der Waals surface area contributed by atoms with Crippen molar-refractivity contribution in [3.63, 3.8) is 0 Å². The number of aliphatic carboxylic acids is 1. The van der Waals surface area contributed by atoms with Crippen molar-refractivity contribution in [2.24, 2.45) is 0 Å². The third-order valence-corrected chi connectivity index (χ3v) is 4.00. The lowest BCUT2D eigenvalue weighted by Gasteiger charge is -2.23. The summed E-state index contributed by atoms with van der Waals surface area (Å²) in [6.07, 6.45) is 0.494. The number of carbonyl (C=O) groups is 2. The molecule has 0 saturated carbocycles. The summed E-state index contributed by atoms with van der Waals surface area (Å²) in [5.74, 6) is -0.914. The van der Waals surface area contributed by atoms with Crippen molar-refractivity contribution in [1.82, 2.24) is 0 Å². The Hall–Kier alpha value is -2.42. The van der Waals surface area contributed by atoms with Crippen LogP contribution >= 0.6 is 0 Å². The lowest BCUT2D eigenvalue weighted by Crippen LogP contribution is -2.31. The molecule has 1 unspecified atom stereocenters. The summed E-state index contributed by atoms with van der Waals surface area (Å²) >= 11 is 0. The minimum Gasteiger partial charge on any atom is -0.481 e. The Morgan fingerprint density at radius 1 is 0.952 bits per heavy atom. The summed E-state index contributed by atoms with van der Waals surface area (Å²) < 4.78 is 0. The van der Waals surface area contributed by atoms with E-state index in [0.717, 1.165) is 0 Å². The van der Waals surface area contributed by atoms with Gasteiger partial charge in [0.1, 0.15) is 0 Å². The van der Waals surface area contributed by atoms with Gasteiger partial charge in [-0.1, -0.05) is 61.5 Å². The summed E-state index contributed by atoms with van der Waals surface area (Å²) in [4.78, 5) is 23.7. The summed E-state index contributed by atoms with van der Waals surface area (Å²) in [5.41, 5.74) is 0.978. The number of carboxylic acids is 1. The second-order valence-corrected chi connectivity index (χ2v) is 5.26. The predicted octanol–water partition coefficient (Wildman–Crippen LogP) is 3.67. The van der Waals surface area contributed by atoms with E-state index in [1.165, 1.54) is 0 Å². The molecule has 0 amide bonds. The predicted molar refractivity (Wildman–Crippen MR) is 81.6 cm³/mol. The first-order valence-corrected chi connectivity index (χ1v) is 6.92. The van der Waals surface area contributed by atoms with Gasteiger partial charge in [0.05, 0.1) is 5.41 Å². The van der Waals surface area contributed by atoms with E-state index < -0.39 is 11.4 Å². The molecule has 0 aliphatic carbocycles. The number of rotatable bonds is 5. The first-order chi connectivity index (χ1) is 9.99. The van der Waals surface area contributed by atoms with E-state index in [4.69, 9.17) is 0 Å². The van der Waals surface area contributed by atoms with Crippen LogP contribution in [0.2, 0.25) is 0 Å². The van der Waals surface area contributed by atoms with Crippen molar-refractivity contribution in [1.29, 1.82) is 0 Å². The van der Waals surface area contributed by atoms with Crippen LogP contribution in [0, 0.1) is 0 Å². The van der Waals surface area contributed by atoms with Gasteiger partial charge in [-0.05, 0) is 18.9 Å². The lowest BCUT2D eigenvalue weighted by atomic mass is 9.80. The SMILES string of the molecule is CCC(C)(C(=O)O)c1ccc(C(=O)c2ccccc2)cc1. The number of benzene rings is 2. The minimum atomic E-state index is -0.922. The Kier molecular flexibility index (Phi) is 4.22. The molecule has 0 fully saturated rings. The zero-order valence-corrected chi connectivity index (χ0v) is 12.2. The molecule has 1 atom stereocenters. The van der Waals surface area contributed by atoms with Gasteiger partial charge in [0.25, 0.3) is 0 Å². The smallest absolute Gasteiger partial charge is 0.313 e. The van der Waals surface area contributed by atoms with Crippen LogP contribution < -0.4 is 0 Å². The third-order valence-electron chi connectivity index (χ3n) is 4.00. The van der Waals surface area contributed by atoms with Gasteiger partial charge in [0.15, 0.2) is 5.78 Å². The van der Waals surface area contributed by atoms with E-state index >= 15 is 0 Å². The molecule has 21 heavy (non-hydrogen) atoms. The fourth-order valence-corrected chi connectivity index (χ4v) is 2.22. The number of carbonyl (C=O) groups excluding carboxylic acids is 1. The maximum atomic E-state index is 12.3. The average Bonchev–Trinajstić information content (AvgIpc) is 2.54. The van der Waals surface area contributed by atoms with Crippen LogP contribution in [0.25, 0.3) is 0 Å². The molecule has 0 aromatic heterocycles. The second kappa shape index (κ2) is 5.92. The number of ketones is 1. The highest BCUT2D eigenvalue weighted by Gasteiger charge is 2.33. The molecule has 3 heteroatoms. The highest BCUT2D eigenvalue weighted by Crippen LogP contribution is 2.28. The van der Waals surface area contributed by atoms with Crippen molar-refractivity contribution >= 4 is 11.8 Å². The molecule has 2 aromatic rings. The fourth-order valence-electron chi connectivity index (χ4n) is 2.22. The highest BCUT2D eigenvalue weighted by molar-refractivity contribution is 6.09. The highest BCUT2D eigenvalue weighted by atomic mass is 16.4. The summed E-state index contributed by atoms with van der Waals surface area (Å²) in [6.45, 7) is 3.54. The zero-order valence-electron chi connectivity index (χ0n) is 12.2. The number of carboxylic acid groups (broad SMARTS) is 1. The Bertz CT molecular complexity index is 644. The molecule has 2 aromatic carbocycles. The summed E-state index contributed by atoms with van der Waals surface area (Å²) in [7, 11) is 0. The molecule has 0 aliphatic heterocycles. The Balaban J connectivity index is 2.32. The molecular formula is C18H18O3. The first kappa shape index (κ1) is 15.0. The maximum absolute atomic E-state index is 12.3. The van der Waals surface area contributed by atoms with Gasteiger partial charge < -0.3 is 5.11 Å². The molecule has 108 valence electrons. The van der Waals surface area contributed by atoms with Gasteiger partial charge in [0, 0.05) is 11.1 Å². The molecule has 1 N–H and O–H groups in total. The van der Waals surface area contributed by atoms with Gasteiger partial charge in [-0.15, -0.1) is 0 Å². The van der Waals surface area contributed by atoms with Gasteiger partial charge in [0.2, 0.25) is 0 Å². The van der Waals surface area contributed by atoms with E-state index in [-0.39, 0.29) is 5.78 Å². The van der Waals surface area contributed by atoms with E-state index in [1.807, 2.05) is 25.1 Å². The first-order valence-electron chi connectivity index (χ1n) is 6.92. The van der Waals surface area contributed by atoms with Gasteiger partial charge >= 0.3 is 5.97 Å². The standard InChI is InChI=1S/C18H18O3/c1-3-18(2,17(20)21)15-11-9-14(10-12-15)16(19)13-7-5-4-6-8-13/h4-12H,3H2,1-2H3,(H,20,21). The Labute approximate surface area is 124 Å². The quantitative estimate of drug-likeness (QED) is 0.851. The summed E-state index contributed by atoms with van der Waals surface area (Å²) in [5, 5.41) is 9.38. The van der Waals surface area contributed by atoms with Crippen molar-refractivity contribution in [2.75, 3.05) is 0 Å². The van der Waals surface area contributed by atoms with E-state index in [0.29, 0.717) is 23.1 Å². The van der Waals surface area contributed by atoms with E-state index in [2.05, 4.69) is 0 Å². The molecule has 0 spiro atoms. The van der Waals surface area contributed by atoms with Crippen LogP contribution in [0.3, 0.4) is 0 Å². The molecule has 0 aliphatic rings. The van der Waals surface area contributed by atoms with Crippen molar-refractivity contribution < 1.29 is 14.7 Å². The van der Waals surface area contributed by atoms with Crippen molar-refractivity contribution in [3.05, 3.63) is 71.3 Å². The zero-order chi connectivity index (χ0) is 15.5. The Morgan fingerprint density at radius 2 is 1.48 bits per heavy atom. The third kappa shape index (κ3) is 2.87. The van der Waals surface area contributed by atoms with Crippen molar-refractivity contribution in [3.8, 4) is 0 Å². The fraction of sp³-hybridized carbons (Fsp3) is 0.222. The molecule has 2 rings (SSSR count). The molecule has 0 bridgehead atoms. The Morgan fingerprint density at radius 3 is 1.95 bits per heavy atom. The van der Waals surface area contributed by atoms with Gasteiger partial charge in [-0.2, -0.15) is 0 Å². The van der Waals surface area contributed by atoms with E-state index in [9.17, 15) is 14.7 Å². The van der Waals surface area contributed by atoms with Crippen LogP contribution in [-0.2, 0) is 10.2 Å². The number of hydrogen-bond donors (Lipinski definition) is 1. The minimum absolute atomic E-state index is 0.0596. The van der Waals surface area contributed by atoms with Crippen molar-refractivity contribution in [2.45, 2.75) is 25.7 Å². The molecular weight excluding hydrogens is 264 g/mol. The summed E-state index contributed by atoms with van der Waals surface area (Å²) in [6, 6.07) is 15.9. The molecule has 3 nitrogen and oxygen atoms in total. The number of hydrogen-bond acceptors (Lipinski definition) is 2.